The number of halogens is 1. The molecule has 6 heteroatoms. The van der Waals surface area contributed by atoms with E-state index in [-0.39, 0.29) is 5.92 Å². The minimum atomic E-state index is 0.182. The van der Waals surface area contributed by atoms with Crippen molar-refractivity contribution < 1.29 is 4.79 Å². The highest BCUT2D eigenvalue weighted by molar-refractivity contribution is 9.10. The van der Waals surface area contributed by atoms with Crippen molar-refractivity contribution in [1.82, 2.24) is 20.0 Å². The van der Waals surface area contributed by atoms with Crippen LogP contribution in [0.15, 0.2) is 4.47 Å². The second-order valence-electron chi connectivity index (χ2n) is 5.71. The van der Waals surface area contributed by atoms with E-state index >= 15 is 0 Å². The van der Waals surface area contributed by atoms with E-state index in [0.29, 0.717) is 18.5 Å². The number of aromatic nitrogens is 2. The van der Waals surface area contributed by atoms with Gasteiger partial charge in [-0.1, -0.05) is 6.92 Å². The first-order valence-corrected chi connectivity index (χ1v) is 8.13. The lowest BCUT2D eigenvalue weighted by Crippen LogP contribution is -2.41. The van der Waals surface area contributed by atoms with Crippen molar-refractivity contribution in [3.63, 3.8) is 0 Å². The molecule has 1 aromatic rings. The molecule has 3 heterocycles. The number of carbonyl (C=O) groups excluding carboxylic acids is 1. The monoisotopic (exact) mass is 340 g/mol. The molecule has 2 fully saturated rings. The number of hydrogen-bond acceptors (Lipinski definition) is 3. The number of carbonyl (C=O) groups is 1. The summed E-state index contributed by atoms with van der Waals surface area (Å²) in [7, 11) is 1.95. The quantitative estimate of drug-likeness (QED) is 0.906. The number of aryl methyl sites for hydroxylation is 2. The van der Waals surface area contributed by atoms with Crippen LogP contribution in [-0.2, 0) is 24.8 Å². The third-order valence-electron chi connectivity index (χ3n) is 4.47. The van der Waals surface area contributed by atoms with Crippen LogP contribution in [0.4, 0.5) is 0 Å². The lowest BCUT2D eigenvalue weighted by molar-refractivity contribution is -0.132. The topological polar surface area (TPSA) is 50.2 Å². The summed E-state index contributed by atoms with van der Waals surface area (Å²) in [5.74, 6) is 0.481. The molecule has 5 nitrogen and oxygen atoms in total. The van der Waals surface area contributed by atoms with E-state index in [2.05, 4.69) is 33.3 Å². The third-order valence-corrected chi connectivity index (χ3v) is 5.39. The highest BCUT2D eigenvalue weighted by atomic mass is 79.9. The van der Waals surface area contributed by atoms with Gasteiger partial charge in [0.05, 0.1) is 28.3 Å². The maximum Gasteiger partial charge on any atom is 0.227 e. The zero-order valence-electron chi connectivity index (χ0n) is 12.0. The zero-order valence-corrected chi connectivity index (χ0v) is 13.6. The van der Waals surface area contributed by atoms with Crippen molar-refractivity contribution in [3.8, 4) is 0 Å². The largest absolute Gasteiger partial charge is 0.335 e. The summed E-state index contributed by atoms with van der Waals surface area (Å²) >= 11 is 3.63. The molecule has 0 bridgehead atoms. The Balaban J connectivity index is 1.78. The lowest BCUT2D eigenvalue weighted by Gasteiger charge is -2.23. The van der Waals surface area contributed by atoms with Gasteiger partial charge in [-0.25, -0.2) is 0 Å². The Bertz CT molecular complexity index is 527. The fourth-order valence-corrected chi connectivity index (χ4v) is 4.06. The average Bonchev–Trinajstić information content (AvgIpc) is 2.91. The van der Waals surface area contributed by atoms with Gasteiger partial charge in [-0.3, -0.25) is 9.48 Å². The van der Waals surface area contributed by atoms with Crippen molar-refractivity contribution in [2.75, 3.05) is 13.1 Å². The van der Waals surface area contributed by atoms with E-state index < -0.39 is 0 Å². The van der Waals surface area contributed by atoms with Crippen molar-refractivity contribution in [2.45, 2.75) is 38.8 Å². The standard InChI is InChI=1S/C14H21BrN4O/c1-3-10-13(15)12(18(2)17-10)8-19-7-11-9(14(19)20)5-4-6-16-11/h9,11,16H,3-8H2,1-2H3. The molecule has 1 N–H and O–H groups in total. The van der Waals surface area contributed by atoms with Crippen LogP contribution in [0.1, 0.15) is 31.2 Å². The molecular weight excluding hydrogens is 320 g/mol. The van der Waals surface area contributed by atoms with E-state index in [4.69, 9.17) is 0 Å². The zero-order chi connectivity index (χ0) is 14.3. The van der Waals surface area contributed by atoms with Crippen LogP contribution >= 0.6 is 15.9 Å². The second-order valence-corrected chi connectivity index (χ2v) is 6.51. The van der Waals surface area contributed by atoms with Gasteiger partial charge in [0.1, 0.15) is 0 Å². The highest BCUT2D eigenvalue weighted by Gasteiger charge is 2.41. The van der Waals surface area contributed by atoms with Gasteiger partial charge in [0.2, 0.25) is 5.91 Å². The van der Waals surface area contributed by atoms with Crippen molar-refractivity contribution in [2.24, 2.45) is 13.0 Å². The number of likely N-dealkylation sites (tertiary alicyclic amines) is 1. The van der Waals surface area contributed by atoms with E-state index in [0.717, 1.165) is 48.2 Å². The number of piperidine rings is 1. The predicted octanol–water partition coefficient (Wildman–Crippen LogP) is 1.46. The van der Waals surface area contributed by atoms with Gasteiger partial charge < -0.3 is 10.2 Å². The number of hydrogen-bond donors (Lipinski definition) is 1. The molecule has 2 saturated heterocycles. The maximum atomic E-state index is 12.5. The van der Waals surface area contributed by atoms with Gasteiger partial charge in [0.15, 0.2) is 0 Å². The van der Waals surface area contributed by atoms with Crippen molar-refractivity contribution in [1.29, 1.82) is 0 Å². The van der Waals surface area contributed by atoms with Crippen LogP contribution in [-0.4, -0.2) is 39.7 Å². The Kier molecular flexibility index (Phi) is 3.86. The van der Waals surface area contributed by atoms with Gasteiger partial charge in [-0.2, -0.15) is 5.10 Å². The Morgan fingerprint density at radius 1 is 1.50 bits per heavy atom. The fourth-order valence-electron chi connectivity index (χ4n) is 3.32. The Labute approximate surface area is 127 Å². The minimum Gasteiger partial charge on any atom is -0.335 e. The summed E-state index contributed by atoms with van der Waals surface area (Å²) in [5, 5.41) is 7.98. The third kappa shape index (κ3) is 2.29. The molecule has 2 atom stereocenters. The molecule has 0 aliphatic carbocycles. The van der Waals surface area contributed by atoms with Gasteiger partial charge in [-0.05, 0) is 41.7 Å². The summed E-state index contributed by atoms with van der Waals surface area (Å²) < 4.78 is 2.95. The summed E-state index contributed by atoms with van der Waals surface area (Å²) in [5.41, 5.74) is 2.15. The van der Waals surface area contributed by atoms with Crippen LogP contribution in [0, 0.1) is 5.92 Å². The van der Waals surface area contributed by atoms with E-state index in [9.17, 15) is 4.79 Å². The summed E-state index contributed by atoms with van der Waals surface area (Å²) in [4.78, 5) is 14.5. The first-order valence-electron chi connectivity index (χ1n) is 7.34. The Morgan fingerprint density at radius 3 is 2.95 bits per heavy atom. The highest BCUT2D eigenvalue weighted by Crippen LogP contribution is 2.29. The first-order chi connectivity index (χ1) is 9.61. The van der Waals surface area contributed by atoms with Gasteiger partial charge in [0.25, 0.3) is 0 Å². The Morgan fingerprint density at radius 2 is 2.30 bits per heavy atom. The molecule has 20 heavy (non-hydrogen) atoms. The summed E-state index contributed by atoms with van der Waals surface area (Å²) in [6, 6.07) is 0.342. The molecule has 0 radical (unpaired) electrons. The minimum absolute atomic E-state index is 0.182. The van der Waals surface area contributed by atoms with E-state index in [1.165, 1.54) is 0 Å². The van der Waals surface area contributed by atoms with Crippen molar-refractivity contribution in [3.05, 3.63) is 15.9 Å². The molecule has 1 amide bonds. The molecule has 1 aromatic heterocycles. The van der Waals surface area contributed by atoms with Crippen LogP contribution in [0.25, 0.3) is 0 Å². The van der Waals surface area contributed by atoms with E-state index in [1.807, 2.05) is 16.6 Å². The first kappa shape index (κ1) is 14.1. The Hall–Kier alpha value is -0.880. The SMILES string of the molecule is CCc1nn(C)c(CN2CC3NCCCC3C2=O)c1Br. The molecule has 3 rings (SSSR count). The number of rotatable bonds is 3. The van der Waals surface area contributed by atoms with Crippen LogP contribution < -0.4 is 5.32 Å². The van der Waals surface area contributed by atoms with Crippen molar-refractivity contribution >= 4 is 21.8 Å². The number of fused-ring (bicyclic) bond motifs is 1. The molecule has 2 aliphatic rings. The van der Waals surface area contributed by atoms with E-state index in [1.54, 1.807) is 0 Å². The van der Waals surface area contributed by atoms with Gasteiger partial charge in [-0.15, -0.1) is 0 Å². The molecular formula is C14H21BrN4O. The molecule has 2 aliphatic heterocycles. The summed E-state index contributed by atoms with van der Waals surface area (Å²) in [6.45, 7) is 4.61. The van der Waals surface area contributed by atoms with Crippen LogP contribution in [0.2, 0.25) is 0 Å². The van der Waals surface area contributed by atoms with Crippen LogP contribution in [0.5, 0.6) is 0 Å². The van der Waals surface area contributed by atoms with Gasteiger partial charge >= 0.3 is 0 Å². The normalized spacial score (nSPS) is 26.1. The molecule has 0 saturated carbocycles. The smallest absolute Gasteiger partial charge is 0.227 e. The fraction of sp³-hybridized carbons (Fsp3) is 0.714. The number of nitrogens with zero attached hydrogens (tertiary/aromatic N) is 3. The average molecular weight is 341 g/mol. The number of nitrogens with one attached hydrogen (secondary N) is 1. The molecule has 0 aromatic carbocycles. The molecule has 110 valence electrons. The maximum absolute atomic E-state index is 12.5. The summed E-state index contributed by atoms with van der Waals surface area (Å²) in [6.07, 6.45) is 3.03. The molecule has 0 spiro atoms. The number of amides is 1. The van der Waals surface area contributed by atoms with Crippen LogP contribution in [0.3, 0.4) is 0 Å². The lowest BCUT2D eigenvalue weighted by atomic mass is 9.94. The second kappa shape index (κ2) is 5.48. The molecule has 2 unspecified atom stereocenters. The predicted molar refractivity (Wildman–Crippen MR) is 80.2 cm³/mol. The van der Waals surface area contributed by atoms with Gasteiger partial charge in [0, 0.05) is 19.6 Å².